The molecule has 1 heterocycles. The number of aliphatic hydroxyl groups is 1. The van der Waals surface area contributed by atoms with Gasteiger partial charge in [-0.05, 0) is 26.8 Å². The molecule has 0 bridgehead atoms. The van der Waals surface area contributed by atoms with Crippen molar-refractivity contribution in [3.8, 4) is 0 Å². The average molecular weight is 244 g/mol. The molecule has 1 rings (SSSR count). The smallest absolute Gasteiger partial charge is 0.311 e. The molecule has 3 N–H and O–H groups in total. The molecule has 5 nitrogen and oxygen atoms in total. The summed E-state index contributed by atoms with van der Waals surface area (Å²) in [6, 6.07) is 0. The zero-order valence-electron chi connectivity index (χ0n) is 11.0. The number of carbonyl (C=O) groups excluding carboxylic acids is 1. The van der Waals surface area contributed by atoms with Gasteiger partial charge in [0.15, 0.2) is 0 Å². The van der Waals surface area contributed by atoms with Crippen molar-refractivity contribution in [3.63, 3.8) is 0 Å². The lowest BCUT2D eigenvalue weighted by Gasteiger charge is -2.22. The SMILES string of the molecule is COC(=O)C(C)(C)CCNCC1CNCC1O. The summed E-state index contributed by atoms with van der Waals surface area (Å²) < 4.78 is 4.75. The van der Waals surface area contributed by atoms with Crippen LogP contribution in [0.25, 0.3) is 0 Å². The van der Waals surface area contributed by atoms with Crippen LogP contribution < -0.4 is 10.6 Å². The number of hydrogen-bond acceptors (Lipinski definition) is 5. The summed E-state index contributed by atoms with van der Waals surface area (Å²) in [5.74, 6) is 0.0955. The van der Waals surface area contributed by atoms with Crippen molar-refractivity contribution in [2.45, 2.75) is 26.4 Å². The largest absolute Gasteiger partial charge is 0.469 e. The Morgan fingerprint density at radius 2 is 2.24 bits per heavy atom. The van der Waals surface area contributed by atoms with Crippen LogP contribution in [0.4, 0.5) is 0 Å². The monoisotopic (exact) mass is 244 g/mol. The summed E-state index contributed by atoms with van der Waals surface area (Å²) >= 11 is 0. The summed E-state index contributed by atoms with van der Waals surface area (Å²) in [6.45, 7) is 6.84. The highest BCUT2D eigenvalue weighted by Crippen LogP contribution is 2.21. The first-order valence-electron chi connectivity index (χ1n) is 6.15. The lowest BCUT2D eigenvalue weighted by molar-refractivity contribution is -0.151. The van der Waals surface area contributed by atoms with E-state index >= 15 is 0 Å². The second kappa shape index (κ2) is 6.33. The summed E-state index contributed by atoms with van der Waals surface area (Å²) in [5, 5.41) is 16.0. The van der Waals surface area contributed by atoms with E-state index in [4.69, 9.17) is 4.74 Å². The van der Waals surface area contributed by atoms with Crippen molar-refractivity contribution < 1.29 is 14.6 Å². The van der Waals surface area contributed by atoms with Crippen molar-refractivity contribution in [2.75, 3.05) is 33.3 Å². The third kappa shape index (κ3) is 4.26. The standard InChI is InChI=1S/C12H24N2O3/c1-12(2,11(16)17-3)4-5-13-6-9-7-14-8-10(9)15/h9-10,13-15H,4-8H2,1-3H3. The summed E-state index contributed by atoms with van der Waals surface area (Å²) in [5.41, 5.74) is -0.450. The first kappa shape index (κ1) is 14.4. The van der Waals surface area contributed by atoms with Gasteiger partial charge >= 0.3 is 5.97 Å². The molecule has 0 aromatic carbocycles. The van der Waals surface area contributed by atoms with E-state index in [1.54, 1.807) is 0 Å². The Bertz CT molecular complexity index is 256. The highest BCUT2D eigenvalue weighted by Gasteiger charge is 2.28. The Labute approximate surface area is 103 Å². The van der Waals surface area contributed by atoms with Crippen LogP contribution >= 0.6 is 0 Å². The van der Waals surface area contributed by atoms with E-state index in [0.717, 1.165) is 26.1 Å². The number of β-amino-alcohol motifs (C(OH)–C–C–N with tert-alkyl or cyclic N) is 1. The number of methoxy groups -OCH3 is 1. The molecule has 0 aromatic heterocycles. The Balaban J connectivity index is 2.17. The lowest BCUT2D eigenvalue weighted by Crippen LogP contribution is -2.34. The van der Waals surface area contributed by atoms with Crippen molar-refractivity contribution >= 4 is 5.97 Å². The van der Waals surface area contributed by atoms with Gasteiger partial charge in [0.2, 0.25) is 0 Å². The molecule has 0 aliphatic carbocycles. The zero-order valence-corrected chi connectivity index (χ0v) is 11.0. The molecule has 0 saturated carbocycles. The fourth-order valence-electron chi connectivity index (χ4n) is 1.99. The average Bonchev–Trinajstić information content (AvgIpc) is 2.69. The van der Waals surface area contributed by atoms with E-state index in [0.29, 0.717) is 6.54 Å². The first-order valence-corrected chi connectivity index (χ1v) is 6.15. The van der Waals surface area contributed by atoms with E-state index in [1.807, 2.05) is 13.8 Å². The number of esters is 1. The van der Waals surface area contributed by atoms with Crippen molar-refractivity contribution in [3.05, 3.63) is 0 Å². The number of nitrogens with one attached hydrogen (secondary N) is 2. The molecule has 2 unspecified atom stereocenters. The molecule has 0 amide bonds. The molecule has 1 aliphatic heterocycles. The van der Waals surface area contributed by atoms with E-state index in [1.165, 1.54) is 7.11 Å². The van der Waals surface area contributed by atoms with Crippen LogP contribution in [-0.4, -0.2) is 50.5 Å². The second-order valence-corrected chi connectivity index (χ2v) is 5.32. The van der Waals surface area contributed by atoms with E-state index < -0.39 is 5.41 Å². The Hall–Kier alpha value is -0.650. The quantitative estimate of drug-likeness (QED) is 0.444. The van der Waals surface area contributed by atoms with Crippen molar-refractivity contribution in [1.82, 2.24) is 10.6 Å². The number of carbonyl (C=O) groups is 1. The maximum Gasteiger partial charge on any atom is 0.311 e. The third-order valence-electron chi connectivity index (χ3n) is 3.38. The second-order valence-electron chi connectivity index (χ2n) is 5.32. The molecule has 1 fully saturated rings. The van der Waals surface area contributed by atoms with Crippen molar-refractivity contribution in [2.24, 2.45) is 11.3 Å². The summed E-state index contributed by atoms with van der Waals surface area (Å²) in [6.07, 6.45) is 0.478. The lowest BCUT2D eigenvalue weighted by atomic mass is 9.89. The highest BCUT2D eigenvalue weighted by atomic mass is 16.5. The van der Waals surface area contributed by atoms with Gasteiger partial charge in [-0.2, -0.15) is 0 Å². The van der Waals surface area contributed by atoms with Gasteiger partial charge < -0.3 is 20.5 Å². The molecule has 0 spiro atoms. The molecular formula is C12H24N2O3. The van der Waals surface area contributed by atoms with Crippen molar-refractivity contribution in [1.29, 1.82) is 0 Å². The van der Waals surface area contributed by atoms with Gasteiger partial charge in [0, 0.05) is 25.6 Å². The Morgan fingerprint density at radius 1 is 1.53 bits per heavy atom. The van der Waals surface area contributed by atoms with Gasteiger partial charge in [0.1, 0.15) is 0 Å². The summed E-state index contributed by atoms with van der Waals surface area (Å²) in [4.78, 5) is 11.4. The minimum atomic E-state index is -0.450. The normalized spacial score (nSPS) is 24.9. The number of rotatable bonds is 6. The molecule has 5 heteroatoms. The van der Waals surface area contributed by atoms with Gasteiger partial charge in [-0.3, -0.25) is 4.79 Å². The Morgan fingerprint density at radius 3 is 2.76 bits per heavy atom. The number of hydrogen-bond donors (Lipinski definition) is 3. The fraction of sp³-hybridized carbons (Fsp3) is 0.917. The van der Waals surface area contributed by atoms with Gasteiger partial charge in [-0.25, -0.2) is 0 Å². The van der Waals surface area contributed by atoms with Crippen LogP contribution in [0.5, 0.6) is 0 Å². The third-order valence-corrected chi connectivity index (χ3v) is 3.38. The molecule has 0 radical (unpaired) electrons. The zero-order chi connectivity index (χ0) is 12.9. The molecule has 17 heavy (non-hydrogen) atoms. The van der Waals surface area contributed by atoms with Crippen LogP contribution in [-0.2, 0) is 9.53 Å². The molecule has 0 aromatic rings. The van der Waals surface area contributed by atoms with Gasteiger partial charge in [-0.15, -0.1) is 0 Å². The molecular weight excluding hydrogens is 220 g/mol. The highest BCUT2D eigenvalue weighted by molar-refractivity contribution is 5.75. The van der Waals surface area contributed by atoms with Gasteiger partial charge in [-0.1, -0.05) is 0 Å². The molecule has 1 aliphatic rings. The Kier molecular flexibility index (Phi) is 5.36. The van der Waals surface area contributed by atoms with E-state index in [9.17, 15) is 9.90 Å². The first-order chi connectivity index (χ1) is 7.97. The van der Waals surface area contributed by atoms with E-state index in [-0.39, 0.29) is 18.0 Å². The van der Waals surface area contributed by atoms with E-state index in [2.05, 4.69) is 10.6 Å². The molecule has 2 atom stereocenters. The number of aliphatic hydroxyl groups excluding tert-OH is 1. The van der Waals surface area contributed by atoms with Crippen LogP contribution in [0.2, 0.25) is 0 Å². The van der Waals surface area contributed by atoms with Crippen LogP contribution in [0.3, 0.4) is 0 Å². The van der Waals surface area contributed by atoms with Crippen LogP contribution in [0.1, 0.15) is 20.3 Å². The van der Waals surface area contributed by atoms with Crippen LogP contribution in [0, 0.1) is 11.3 Å². The summed E-state index contributed by atoms with van der Waals surface area (Å²) in [7, 11) is 1.41. The molecule has 1 saturated heterocycles. The molecule has 100 valence electrons. The fourth-order valence-corrected chi connectivity index (χ4v) is 1.99. The van der Waals surface area contributed by atoms with Crippen LogP contribution in [0.15, 0.2) is 0 Å². The topological polar surface area (TPSA) is 70.6 Å². The predicted molar refractivity (Wildman–Crippen MR) is 65.7 cm³/mol. The minimum Gasteiger partial charge on any atom is -0.469 e. The minimum absolute atomic E-state index is 0.179. The van der Waals surface area contributed by atoms with Gasteiger partial charge in [0.05, 0.1) is 18.6 Å². The van der Waals surface area contributed by atoms with Gasteiger partial charge in [0.25, 0.3) is 0 Å². The predicted octanol–water partition coefficient (Wildman–Crippen LogP) is -0.254. The number of ether oxygens (including phenoxy) is 1. The maximum absolute atomic E-state index is 11.4. The maximum atomic E-state index is 11.4.